The number of aromatic nitrogens is 2. The molecule has 1 spiro atoms. The maximum atomic E-state index is 5.99. The quantitative estimate of drug-likeness (QED) is 0.895. The van der Waals surface area contributed by atoms with E-state index < -0.39 is 0 Å². The van der Waals surface area contributed by atoms with Gasteiger partial charge in [0.15, 0.2) is 0 Å². The first-order valence-electron chi connectivity index (χ1n) is 8.15. The van der Waals surface area contributed by atoms with Gasteiger partial charge in [-0.2, -0.15) is 5.10 Å². The summed E-state index contributed by atoms with van der Waals surface area (Å²) < 4.78 is 8.01. The molecule has 3 aliphatic rings. The number of nitrogens with one attached hydrogen (secondary N) is 1. The van der Waals surface area contributed by atoms with Crippen LogP contribution in [0.3, 0.4) is 0 Å². The van der Waals surface area contributed by atoms with Crippen molar-refractivity contribution >= 4 is 0 Å². The summed E-state index contributed by atoms with van der Waals surface area (Å²) in [4.78, 5) is 0. The van der Waals surface area contributed by atoms with Crippen molar-refractivity contribution in [2.24, 2.45) is 11.3 Å². The average Bonchev–Trinajstić information content (AvgIpc) is 3.02. The molecule has 4 nitrogen and oxygen atoms in total. The summed E-state index contributed by atoms with van der Waals surface area (Å²) in [5, 5.41) is 8.20. The molecular formula is C16H25N3O. The minimum atomic E-state index is 0.501. The van der Waals surface area contributed by atoms with Crippen LogP contribution in [0.25, 0.3) is 0 Å². The zero-order valence-electron chi connectivity index (χ0n) is 12.3. The fraction of sp³-hybridized carbons (Fsp3) is 0.812. The molecule has 20 heavy (non-hydrogen) atoms. The minimum absolute atomic E-state index is 0.501. The maximum absolute atomic E-state index is 5.99. The Balaban J connectivity index is 1.34. The van der Waals surface area contributed by atoms with Crippen LogP contribution < -0.4 is 5.32 Å². The van der Waals surface area contributed by atoms with E-state index >= 15 is 0 Å². The second kappa shape index (κ2) is 4.85. The molecule has 0 aromatic carbocycles. The van der Waals surface area contributed by atoms with Crippen LogP contribution in [0.5, 0.6) is 0 Å². The van der Waals surface area contributed by atoms with Gasteiger partial charge >= 0.3 is 0 Å². The Morgan fingerprint density at radius 3 is 3.10 bits per heavy atom. The minimum Gasteiger partial charge on any atom is -0.377 e. The highest BCUT2D eigenvalue weighted by Crippen LogP contribution is 2.62. The molecule has 3 fully saturated rings. The van der Waals surface area contributed by atoms with E-state index in [0.29, 0.717) is 23.6 Å². The number of hydrogen-bond acceptors (Lipinski definition) is 3. The van der Waals surface area contributed by atoms with Gasteiger partial charge in [0, 0.05) is 49.0 Å². The third kappa shape index (κ3) is 1.85. The van der Waals surface area contributed by atoms with Gasteiger partial charge in [-0.15, -0.1) is 0 Å². The lowest BCUT2D eigenvalue weighted by Crippen LogP contribution is -2.72. The lowest BCUT2D eigenvalue weighted by Gasteiger charge is -2.64. The van der Waals surface area contributed by atoms with E-state index in [2.05, 4.69) is 17.3 Å². The summed E-state index contributed by atoms with van der Waals surface area (Å²) >= 11 is 0. The second-order valence-corrected chi connectivity index (χ2v) is 6.93. The Bertz CT molecular complexity index is 454. The van der Waals surface area contributed by atoms with Crippen LogP contribution in [-0.4, -0.2) is 34.6 Å². The average molecular weight is 275 g/mol. The van der Waals surface area contributed by atoms with Gasteiger partial charge < -0.3 is 10.1 Å². The van der Waals surface area contributed by atoms with E-state index in [9.17, 15) is 0 Å². The summed E-state index contributed by atoms with van der Waals surface area (Å²) in [7, 11) is 0. The van der Waals surface area contributed by atoms with Crippen molar-refractivity contribution in [1.29, 1.82) is 0 Å². The van der Waals surface area contributed by atoms with Crippen molar-refractivity contribution in [1.82, 2.24) is 15.1 Å². The van der Waals surface area contributed by atoms with Gasteiger partial charge in [0.2, 0.25) is 0 Å². The molecule has 2 saturated carbocycles. The zero-order valence-corrected chi connectivity index (χ0v) is 12.3. The van der Waals surface area contributed by atoms with Crippen LogP contribution in [0.2, 0.25) is 0 Å². The van der Waals surface area contributed by atoms with Crippen LogP contribution in [0.1, 0.15) is 39.0 Å². The first-order valence-corrected chi connectivity index (χ1v) is 8.15. The molecule has 1 saturated heterocycles. The Labute approximate surface area is 120 Å². The fourth-order valence-electron chi connectivity index (χ4n) is 4.64. The third-order valence-electron chi connectivity index (χ3n) is 5.85. The molecule has 4 rings (SSSR count). The number of hydrogen-bond donors (Lipinski definition) is 1. The van der Waals surface area contributed by atoms with Gasteiger partial charge in [-0.05, 0) is 38.7 Å². The predicted octanol–water partition coefficient (Wildman–Crippen LogP) is 2.21. The van der Waals surface area contributed by atoms with Gasteiger partial charge in [0.1, 0.15) is 0 Å². The van der Waals surface area contributed by atoms with E-state index in [1.54, 1.807) is 0 Å². The maximum Gasteiger partial charge on any atom is 0.0690 e. The van der Waals surface area contributed by atoms with Gasteiger partial charge in [-0.25, -0.2) is 0 Å². The Hall–Kier alpha value is -0.870. The largest absolute Gasteiger partial charge is 0.377 e. The Kier molecular flexibility index (Phi) is 3.11. The van der Waals surface area contributed by atoms with E-state index in [1.165, 1.54) is 25.7 Å². The van der Waals surface area contributed by atoms with Crippen molar-refractivity contribution in [2.75, 3.05) is 6.61 Å². The highest BCUT2D eigenvalue weighted by atomic mass is 16.5. The molecule has 0 unspecified atom stereocenters. The summed E-state index contributed by atoms with van der Waals surface area (Å²) in [6, 6.07) is 3.26. The second-order valence-electron chi connectivity index (χ2n) is 6.93. The topological polar surface area (TPSA) is 39.1 Å². The number of rotatable bonds is 5. The van der Waals surface area contributed by atoms with Crippen LogP contribution in [0.4, 0.5) is 0 Å². The van der Waals surface area contributed by atoms with Gasteiger partial charge in [-0.3, -0.25) is 4.68 Å². The summed E-state index contributed by atoms with van der Waals surface area (Å²) in [5.41, 5.74) is 0.501. The molecule has 1 aliphatic heterocycles. The van der Waals surface area contributed by atoms with Crippen LogP contribution in [-0.2, 0) is 11.3 Å². The van der Waals surface area contributed by atoms with Crippen molar-refractivity contribution in [3.8, 4) is 0 Å². The molecule has 0 bridgehead atoms. The molecule has 110 valence electrons. The monoisotopic (exact) mass is 275 g/mol. The smallest absolute Gasteiger partial charge is 0.0690 e. The lowest BCUT2D eigenvalue weighted by molar-refractivity contribution is -0.178. The molecule has 0 radical (unpaired) electrons. The molecule has 4 atom stereocenters. The van der Waals surface area contributed by atoms with Gasteiger partial charge in [0.05, 0.1) is 6.10 Å². The third-order valence-corrected chi connectivity index (χ3v) is 5.85. The molecular weight excluding hydrogens is 250 g/mol. The van der Waals surface area contributed by atoms with E-state index in [1.807, 2.05) is 23.1 Å². The molecule has 2 aliphatic carbocycles. The molecule has 0 amide bonds. The number of nitrogens with zero attached hydrogens (tertiary/aromatic N) is 2. The normalized spacial score (nSPS) is 35.4. The van der Waals surface area contributed by atoms with Gasteiger partial charge in [0.25, 0.3) is 0 Å². The first kappa shape index (κ1) is 12.8. The molecule has 2 heterocycles. The van der Waals surface area contributed by atoms with Crippen LogP contribution >= 0.6 is 0 Å². The highest BCUT2D eigenvalue weighted by Gasteiger charge is 2.66. The van der Waals surface area contributed by atoms with E-state index in [-0.39, 0.29) is 0 Å². The number of aryl methyl sites for hydroxylation is 1. The summed E-state index contributed by atoms with van der Waals surface area (Å²) in [5.74, 6) is 0.780. The molecule has 1 N–H and O–H groups in total. The van der Waals surface area contributed by atoms with Crippen molar-refractivity contribution in [3.05, 3.63) is 18.5 Å². The standard InChI is InChI=1S/C16H25N3O/c1-12(4-10-19-9-3-8-17-19)18-14-13-5-11-20-15(13)16(14)6-2-7-16/h3,8-9,12-15,18H,2,4-7,10-11H2,1H3/t12-,13-,14-,15-/m1/s1. The van der Waals surface area contributed by atoms with Crippen molar-refractivity contribution in [2.45, 2.75) is 63.8 Å². The summed E-state index contributed by atoms with van der Waals surface area (Å²) in [6.45, 7) is 4.31. The molecule has 4 heteroatoms. The zero-order chi connectivity index (χ0) is 13.6. The highest BCUT2D eigenvalue weighted by molar-refractivity contribution is 5.18. The van der Waals surface area contributed by atoms with E-state index in [0.717, 1.165) is 25.5 Å². The van der Waals surface area contributed by atoms with E-state index in [4.69, 9.17) is 4.74 Å². The lowest BCUT2D eigenvalue weighted by atomic mass is 9.46. The van der Waals surface area contributed by atoms with Gasteiger partial charge in [-0.1, -0.05) is 6.42 Å². The van der Waals surface area contributed by atoms with Crippen LogP contribution in [0, 0.1) is 11.3 Å². The van der Waals surface area contributed by atoms with Crippen LogP contribution in [0.15, 0.2) is 18.5 Å². The molecule has 1 aromatic heterocycles. The number of fused-ring (bicyclic) bond motifs is 2. The molecule has 1 aromatic rings. The predicted molar refractivity (Wildman–Crippen MR) is 77.4 cm³/mol. The van der Waals surface area contributed by atoms with Crippen molar-refractivity contribution < 1.29 is 4.74 Å². The number of ether oxygens (including phenoxy) is 1. The SMILES string of the molecule is C[C@H](CCn1cccn1)N[C@@H]1[C@H]2CCO[C@H]2C12CCC2. The fourth-order valence-corrected chi connectivity index (χ4v) is 4.64. The first-order chi connectivity index (χ1) is 9.79. The van der Waals surface area contributed by atoms with Crippen molar-refractivity contribution in [3.63, 3.8) is 0 Å². The summed E-state index contributed by atoms with van der Waals surface area (Å²) in [6.07, 6.45) is 11.0. The Morgan fingerprint density at radius 1 is 1.50 bits per heavy atom. The Morgan fingerprint density at radius 2 is 2.40 bits per heavy atom.